The second-order valence-corrected chi connectivity index (χ2v) is 6.48. The molecule has 0 radical (unpaired) electrons. The molecule has 2 aromatic rings. The van der Waals surface area contributed by atoms with Gasteiger partial charge < -0.3 is 5.11 Å². The fourth-order valence-electron chi connectivity index (χ4n) is 1.60. The van der Waals surface area contributed by atoms with Crippen molar-refractivity contribution in [1.29, 1.82) is 0 Å². The standard InChI is InChI=1S/C13H12BrNO3S/c14-11-5-3-6-12(8-11)19(17,18)15-13-7-2-1-4-10(13)9-16/h1-8,15-16H,9H2. The fourth-order valence-corrected chi connectivity index (χ4v) is 3.29. The monoisotopic (exact) mass is 341 g/mol. The van der Waals surface area contributed by atoms with E-state index in [0.29, 0.717) is 15.7 Å². The van der Waals surface area contributed by atoms with E-state index in [-0.39, 0.29) is 11.5 Å². The van der Waals surface area contributed by atoms with Crippen LogP contribution in [0, 0.1) is 0 Å². The molecule has 0 atom stereocenters. The number of hydrogen-bond acceptors (Lipinski definition) is 3. The van der Waals surface area contributed by atoms with Gasteiger partial charge in [0.1, 0.15) is 0 Å². The largest absolute Gasteiger partial charge is 0.392 e. The Labute approximate surface area is 120 Å². The summed E-state index contributed by atoms with van der Waals surface area (Å²) in [6.45, 7) is -0.225. The SMILES string of the molecule is O=S(=O)(Nc1ccccc1CO)c1cccc(Br)c1. The minimum atomic E-state index is -3.66. The van der Waals surface area contributed by atoms with Gasteiger partial charge in [0.25, 0.3) is 10.0 Å². The molecule has 0 bridgehead atoms. The van der Waals surface area contributed by atoms with Gasteiger partial charge in [-0.05, 0) is 24.3 Å². The Morgan fingerprint density at radius 2 is 1.84 bits per heavy atom. The molecule has 100 valence electrons. The number of rotatable bonds is 4. The van der Waals surface area contributed by atoms with Gasteiger partial charge in [-0.1, -0.05) is 40.2 Å². The molecule has 0 aliphatic rings. The van der Waals surface area contributed by atoms with Gasteiger partial charge in [-0.3, -0.25) is 4.72 Å². The number of anilines is 1. The van der Waals surface area contributed by atoms with Crippen molar-refractivity contribution < 1.29 is 13.5 Å². The third-order valence-corrected chi connectivity index (χ3v) is 4.39. The number of hydrogen-bond donors (Lipinski definition) is 2. The molecule has 0 aliphatic heterocycles. The molecule has 0 aromatic heterocycles. The van der Waals surface area contributed by atoms with Gasteiger partial charge in [0, 0.05) is 10.0 Å². The van der Waals surface area contributed by atoms with Crippen molar-refractivity contribution in [2.75, 3.05) is 4.72 Å². The van der Waals surface area contributed by atoms with Crippen LogP contribution in [0.3, 0.4) is 0 Å². The summed E-state index contributed by atoms with van der Waals surface area (Å²) in [4.78, 5) is 0.162. The number of sulfonamides is 1. The van der Waals surface area contributed by atoms with Crippen molar-refractivity contribution in [1.82, 2.24) is 0 Å². The molecule has 0 saturated heterocycles. The maximum atomic E-state index is 12.2. The van der Waals surface area contributed by atoms with Crippen LogP contribution in [0.4, 0.5) is 5.69 Å². The molecule has 19 heavy (non-hydrogen) atoms. The first-order valence-corrected chi connectivity index (χ1v) is 7.78. The molecular formula is C13H12BrNO3S. The van der Waals surface area contributed by atoms with Crippen molar-refractivity contribution in [3.8, 4) is 0 Å². The first-order chi connectivity index (χ1) is 9.03. The molecule has 6 heteroatoms. The van der Waals surface area contributed by atoms with Crippen molar-refractivity contribution in [2.24, 2.45) is 0 Å². The second-order valence-electron chi connectivity index (χ2n) is 3.88. The lowest BCUT2D eigenvalue weighted by molar-refractivity contribution is 0.282. The minimum Gasteiger partial charge on any atom is -0.392 e. The highest BCUT2D eigenvalue weighted by Gasteiger charge is 2.15. The lowest BCUT2D eigenvalue weighted by atomic mass is 10.2. The number of halogens is 1. The van der Waals surface area contributed by atoms with Crippen molar-refractivity contribution in [3.05, 3.63) is 58.6 Å². The van der Waals surface area contributed by atoms with Crippen LogP contribution in [0.1, 0.15) is 5.56 Å². The lowest BCUT2D eigenvalue weighted by Gasteiger charge is -2.11. The second kappa shape index (κ2) is 5.73. The zero-order valence-electron chi connectivity index (χ0n) is 9.88. The molecule has 0 unspecified atom stereocenters. The summed E-state index contributed by atoms with van der Waals surface area (Å²) in [6.07, 6.45) is 0. The maximum Gasteiger partial charge on any atom is 0.261 e. The van der Waals surface area contributed by atoms with Crippen LogP contribution in [-0.2, 0) is 16.6 Å². The number of aliphatic hydroxyl groups is 1. The number of aliphatic hydroxyl groups excluding tert-OH is 1. The van der Waals surface area contributed by atoms with E-state index in [1.807, 2.05) is 0 Å². The summed E-state index contributed by atoms with van der Waals surface area (Å²) in [7, 11) is -3.66. The average molecular weight is 342 g/mol. The molecule has 0 heterocycles. The first kappa shape index (κ1) is 14.0. The summed E-state index contributed by atoms with van der Waals surface area (Å²) < 4.78 is 27.6. The Kier molecular flexibility index (Phi) is 4.24. The van der Waals surface area contributed by atoms with E-state index < -0.39 is 10.0 Å². The third-order valence-electron chi connectivity index (χ3n) is 2.54. The highest BCUT2D eigenvalue weighted by atomic mass is 79.9. The van der Waals surface area contributed by atoms with Crippen LogP contribution in [0.25, 0.3) is 0 Å². The molecule has 2 N–H and O–H groups in total. The van der Waals surface area contributed by atoms with Gasteiger partial charge in [-0.15, -0.1) is 0 Å². The molecule has 0 aliphatic carbocycles. The fraction of sp³-hybridized carbons (Fsp3) is 0.0769. The molecule has 2 aromatic carbocycles. The molecule has 0 amide bonds. The molecular weight excluding hydrogens is 330 g/mol. The van der Waals surface area contributed by atoms with Crippen LogP contribution in [0.15, 0.2) is 57.9 Å². The third kappa shape index (κ3) is 3.34. The van der Waals surface area contributed by atoms with Gasteiger partial charge in [0.2, 0.25) is 0 Å². The summed E-state index contributed by atoms with van der Waals surface area (Å²) in [5.74, 6) is 0. The van der Waals surface area contributed by atoms with E-state index in [1.165, 1.54) is 12.1 Å². The number of benzene rings is 2. The zero-order valence-corrected chi connectivity index (χ0v) is 12.3. The van der Waals surface area contributed by atoms with Gasteiger partial charge >= 0.3 is 0 Å². The summed E-state index contributed by atoms with van der Waals surface area (Å²) in [5, 5.41) is 9.19. The van der Waals surface area contributed by atoms with Crippen molar-refractivity contribution in [2.45, 2.75) is 11.5 Å². The lowest BCUT2D eigenvalue weighted by Crippen LogP contribution is -2.14. The van der Waals surface area contributed by atoms with Crippen LogP contribution in [0.5, 0.6) is 0 Å². The van der Waals surface area contributed by atoms with E-state index in [0.717, 1.165) is 0 Å². The Balaban J connectivity index is 2.37. The van der Waals surface area contributed by atoms with E-state index >= 15 is 0 Å². The van der Waals surface area contributed by atoms with Crippen molar-refractivity contribution >= 4 is 31.6 Å². The summed E-state index contributed by atoms with van der Waals surface area (Å²) in [6, 6.07) is 13.1. The number of nitrogens with one attached hydrogen (secondary N) is 1. The highest BCUT2D eigenvalue weighted by Crippen LogP contribution is 2.22. The molecule has 0 saturated carbocycles. The Morgan fingerprint density at radius 3 is 2.53 bits per heavy atom. The van der Waals surface area contributed by atoms with E-state index in [9.17, 15) is 13.5 Å². The summed E-state index contributed by atoms with van der Waals surface area (Å²) in [5.41, 5.74) is 0.908. The van der Waals surface area contributed by atoms with Crippen molar-refractivity contribution in [3.63, 3.8) is 0 Å². The van der Waals surface area contributed by atoms with Crippen LogP contribution < -0.4 is 4.72 Å². The Bertz CT molecular complexity index is 686. The molecule has 2 rings (SSSR count). The van der Waals surface area contributed by atoms with Gasteiger partial charge in [0.15, 0.2) is 0 Å². The Hall–Kier alpha value is -1.37. The topological polar surface area (TPSA) is 66.4 Å². The maximum absolute atomic E-state index is 12.2. The normalized spacial score (nSPS) is 11.3. The Morgan fingerprint density at radius 1 is 1.11 bits per heavy atom. The molecule has 4 nitrogen and oxygen atoms in total. The van der Waals surface area contributed by atoms with E-state index in [4.69, 9.17) is 0 Å². The van der Waals surface area contributed by atoms with Gasteiger partial charge in [-0.25, -0.2) is 8.42 Å². The number of para-hydroxylation sites is 1. The van der Waals surface area contributed by atoms with Crippen LogP contribution >= 0.6 is 15.9 Å². The van der Waals surface area contributed by atoms with Gasteiger partial charge in [0.05, 0.1) is 17.2 Å². The predicted octanol–water partition coefficient (Wildman–Crippen LogP) is 2.74. The average Bonchev–Trinajstić information content (AvgIpc) is 2.39. The first-order valence-electron chi connectivity index (χ1n) is 5.50. The minimum absolute atomic E-state index is 0.162. The zero-order chi connectivity index (χ0) is 13.9. The smallest absolute Gasteiger partial charge is 0.261 e. The summed E-state index contributed by atoms with van der Waals surface area (Å²) >= 11 is 3.24. The van der Waals surface area contributed by atoms with Crippen LogP contribution in [-0.4, -0.2) is 13.5 Å². The molecule has 0 spiro atoms. The molecule has 0 fully saturated rings. The quantitative estimate of drug-likeness (QED) is 0.898. The predicted molar refractivity (Wildman–Crippen MR) is 77.3 cm³/mol. The highest BCUT2D eigenvalue weighted by molar-refractivity contribution is 9.10. The van der Waals surface area contributed by atoms with E-state index in [2.05, 4.69) is 20.7 Å². The van der Waals surface area contributed by atoms with E-state index in [1.54, 1.807) is 36.4 Å². The van der Waals surface area contributed by atoms with Crippen LogP contribution in [0.2, 0.25) is 0 Å². The van der Waals surface area contributed by atoms with Gasteiger partial charge in [-0.2, -0.15) is 0 Å².